The van der Waals surface area contributed by atoms with Gasteiger partial charge in [-0.25, -0.2) is 0 Å². The highest BCUT2D eigenvalue weighted by atomic mass is 19.4. The first-order valence-corrected chi connectivity index (χ1v) is 7.90. The van der Waals surface area contributed by atoms with Gasteiger partial charge in [0.1, 0.15) is 0 Å². The molecule has 0 fully saturated rings. The van der Waals surface area contributed by atoms with Crippen LogP contribution in [0.3, 0.4) is 0 Å². The highest BCUT2D eigenvalue weighted by molar-refractivity contribution is 5.98. The Kier molecular flexibility index (Phi) is 4.49. The van der Waals surface area contributed by atoms with E-state index >= 15 is 0 Å². The van der Waals surface area contributed by atoms with Gasteiger partial charge in [-0.15, -0.1) is 0 Å². The van der Waals surface area contributed by atoms with Gasteiger partial charge in [0.2, 0.25) is 0 Å². The molecular weight excluding hydrogens is 329 g/mol. The van der Waals surface area contributed by atoms with Crippen LogP contribution in [0.25, 0.3) is 0 Å². The summed E-state index contributed by atoms with van der Waals surface area (Å²) in [7, 11) is 0. The minimum atomic E-state index is -4.97. The number of amides is 1. The fourth-order valence-electron chi connectivity index (χ4n) is 3.27. The van der Waals surface area contributed by atoms with Crippen molar-refractivity contribution in [1.29, 1.82) is 5.26 Å². The molecule has 0 saturated carbocycles. The van der Waals surface area contributed by atoms with Crippen molar-refractivity contribution < 1.29 is 18.0 Å². The summed E-state index contributed by atoms with van der Waals surface area (Å²) in [6.45, 7) is 0. The van der Waals surface area contributed by atoms with E-state index < -0.39 is 18.1 Å². The number of fused-ring (bicyclic) bond motifs is 1. The zero-order valence-electron chi connectivity index (χ0n) is 13.3. The number of benzene rings is 2. The molecule has 0 aliphatic heterocycles. The number of hydrogen-bond donors (Lipinski definition) is 0. The number of nitriles is 1. The normalized spacial score (nSPS) is 16.6. The molecule has 1 aliphatic carbocycles. The third kappa shape index (κ3) is 3.36. The number of nitrogens with zero attached hydrogens (tertiary/aromatic N) is 2. The van der Waals surface area contributed by atoms with E-state index in [1.807, 2.05) is 18.2 Å². The molecule has 0 saturated heterocycles. The van der Waals surface area contributed by atoms with Gasteiger partial charge in [-0.05, 0) is 54.7 Å². The summed E-state index contributed by atoms with van der Waals surface area (Å²) in [4.78, 5) is 13.0. The van der Waals surface area contributed by atoms with E-state index in [4.69, 9.17) is 5.26 Å². The minimum absolute atomic E-state index is 0.142. The predicted molar refractivity (Wildman–Crippen MR) is 86.8 cm³/mol. The molecule has 1 atom stereocenters. The summed E-state index contributed by atoms with van der Waals surface area (Å²) in [5.41, 5.74) is 2.18. The average Bonchev–Trinajstić information content (AvgIpc) is 2.62. The lowest BCUT2D eigenvalue weighted by Gasteiger charge is -2.36. The Hall–Kier alpha value is -2.81. The first-order valence-electron chi connectivity index (χ1n) is 7.90. The summed E-state index contributed by atoms with van der Waals surface area (Å²) in [6.07, 6.45) is -3.02. The molecule has 2 aromatic carbocycles. The SMILES string of the molecule is N#Cc1ccc(N(C(=O)C(F)(F)F)C2CCCc3ccccc32)cc1. The van der Waals surface area contributed by atoms with Crippen LogP contribution in [-0.4, -0.2) is 12.1 Å². The van der Waals surface area contributed by atoms with E-state index in [1.165, 1.54) is 24.3 Å². The van der Waals surface area contributed by atoms with Crippen molar-refractivity contribution in [3.8, 4) is 6.07 Å². The van der Waals surface area contributed by atoms with E-state index in [-0.39, 0.29) is 5.69 Å². The topological polar surface area (TPSA) is 44.1 Å². The van der Waals surface area contributed by atoms with Gasteiger partial charge in [0.15, 0.2) is 0 Å². The van der Waals surface area contributed by atoms with Gasteiger partial charge in [-0.3, -0.25) is 9.69 Å². The Bertz CT molecular complexity index is 822. The maximum Gasteiger partial charge on any atom is 0.471 e. The zero-order valence-corrected chi connectivity index (χ0v) is 13.3. The number of hydrogen-bond acceptors (Lipinski definition) is 2. The number of aryl methyl sites for hydroxylation is 1. The largest absolute Gasteiger partial charge is 0.471 e. The molecule has 0 radical (unpaired) electrons. The van der Waals surface area contributed by atoms with E-state index in [0.29, 0.717) is 18.4 Å². The van der Waals surface area contributed by atoms with E-state index in [0.717, 1.165) is 22.4 Å². The molecule has 3 rings (SSSR count). The number of halogens is 3. The molecule has 2 aromatic rings. The molecule has 1 amide bonds. The molecule has 6 heteroatoms. The van der Waals surface area contributed by atoms with Crippen LogP contribution in [-0.2, 0) is 11.2 Å². The second-order valence-corrected chi connectivity index (χ2v) is 5.94. The van der Waals surface area contributed by atoms with E-state index in [1.54, 1.807) is 12.1 Å². The van der Waals surface area contributed by atoms with Crippen molar-refractivity contribution in [2.24, 2.45) is 0 Å². The van der Waals surface area contributed by atoms with Gasteiger partial charge >= 0.3 is 12.1 Å². The number of alkyl halides is 3. The summed E-state index contributed by atoms with van der Waals surface area (Å²) in [5.74, 6) is -1.89. The lowest BCUT2D eigenvalue weighted by molar-refractivity contribution is -0.171. The monoisotopic (exact) mass is 344 g/mol. The highest BCUT2D eigenvalue weighted by Gasteiger charge is 2.46. The maximum atomic E-state index is 13.2. The van der Waals surface area contributed by atoms with Crippen LogP contribution < -0.4 is 4.90 Å². The van der Waals surface area contributed by atoms with Crippen LogP contribution in [0, 0.1) is 11.3 Å². The average molecular weight is 344 g/mol. The Labute approximate surface area is 143 Å². The van der Waals surface area contributed by atoms with Crippen molar-refractivity contribution in [3.63, 3.8) is 0 Å². The molecule has 128 valence electrons. The molecule has 0 aromatic heterocycles. The van der Waals surface area contributed by atoms with Crippen molar-refractivity contribution in [2.75, 3.05) is 4.90 Å². The molecule has 1 unspecified atom stereocenters. The molecule has 25 heavy (non-hydrogen) atoms. The fourth-order valence-corrected chi connectivity index (χ4v) is 3.27. The van der Waals surface area contributed by atoms with Crippen molar-refractivity contribution in [1.82, 2.24) is 0 Å². The van der Waals surface area contributed by atoms with Gasteiger partial charge < -0.3 is 0 Å². The molecule has 3 nitrogen and oxygen atoms in total. The minimum Gasteiger partial charge on any atom is -0.297 e. The standard InChI is InChI=1S/C19H15F3N2O/c20-19(21,22)18(25)24(15-10-8-13(12-23)9-11-15)17-7-3-5-14-4-1-2-6-16(14)17/h1-2,4,6,8-11,17H,3,5,7H2. The zero-order chi connectivity index (χ0) is 18.0. The summed E-state index contributed by atoms with van der Waals surface area (Å²) in [6, 6.07) is 14.1. The predicted octanol–water partition coefficient (Wildman–Crippen LogP) is 4.53. The van der Waals surface area contributed by atoms with Gasteiger partial charge in [-0.1, -0.05) is 24.3 Å². The molecule has 0 N–H and O–H groups in total. The second kappa shape index (κ2) is 6.60. The van der Waals surface area contributed by atoms with Gasteiger partial charge in [0.05, 0.1) is 17.7 Å². The van der Waals surface area contributed by atoms with Crippen LogP contribution in [0.1, 0.15) is 35.6 Å². The Morgan fingerprint density at radius 2 is 1.80 bits per heavy atom. The van der Waals surface area contributed by atoms with E-state index in [2.05, 4.69) is 0 Å². The molecule has 1 aliphatic rings. The van der Waals surface area contributed by atoms with Crippen molar-refractivity contribution >= 4 is 11.6 Å². The number of rotatable bonds is 2. The van der Waals surface area contributed by atoms with Crippen LogP contribution >= 0.6 is 0 Å². The highest BCUT2D eigenvalue weighted by Crippen LogP contribution is 2.39. The third-order valence-corrected chi connectivity index (χ3v) is 4.39. The quantitative estimate of drug-likeness (QED) is 0.803. The lowest BCUT2D eigenvalue weighted by Crippen LogP contribution is -2.44. The summed E-state index contributed by atoms with van der Waals surface area (Å²) < 4.78 is 39.7. The first kappa shape index (κ1) is 17.0. The number of carbonyl (C=O) groups excluding carboxylic acids is 1. The van der Waals surface area contributed by atoms with Crippen LogP contribution in [0.4, 0.5) is 18.9 Å². The van der Waals surface area contributed by atoms with Crippen molar-refractivity contribution in [3.05, 3.63) is 65.2 Å². The van der Waals surface area contributed by atoms with Crippen LogP contribution in [0.5, 0.6) is 0 Å². The van der Waals surface area contributed by atoms with Crippen molar-refractivity contribution in [2.45, 2.75) is 31.5 Å². The molecular formula is C19H15F3N2O. The first-order chi connectivity index (χ1) is 11.9. The van der Waals surface area contributed by atoms with Gasteiger partial charge in [0, 0.05) is 5.69 Å². The molecule has 0 heterocycles. The third-order valence-electron chi connectivity index (χ3n) is 4.39. The Morgan fingerprint density at radius 3 is 2.44 bits per heavy atom. The Morgan fingerprint density at radius 1 is 1.12 bits per heavy atom. The van der Waals surface area contributed by atoms with E-state index in [9.17, 15) is 18.0 Å². The fraction of sp³-hybridized carbons (Fsp3) is 0.263. The number of anilines is 1. The molecule has 0 spiro atoms. The Balaban J connectivity index is 2.09. The second-order valence-electron chi connectivity index (χ2n) is 5.94. The van der Waals surface area contributed by atoms with Crippen LogP contribution in [0.15, 0.2) is 48.5 Å². The summed E-state index contributed by atoms with van der Waals surface area (Å²) >= 11 is 0. The van der Waals surface area contributed by atoms with Gasteiger partial charge in [0.25, 0.3) is 0 Å². The molecule has 0 bridgehead atoms. The van der Waals surface area contributed by atoms with Gasteiger partial charge in [-0.2, -0.15) is 18.4 Å². The summed E-state index contributed by atoms with van der Waals surface area (Å²) in [5, 5.41) is 8.87. The van der Waals surface area contributed by atoms with Crippen LogP contribution in [0.2, 0.25) is 0 Å². The maximum absolute atomic E-state index is 13.2. The number of carbonyl (C=O) groups is 1. The smallest absolute Gasteiger partial charge is 0.297 e. The lowest BCUT2D eigenvalue weighted by atomic mass is 9.86.